The molecule has 2 aliphatic heterocycles. The molecule has 0 saturated carbocycles. The molecule has 0 amide bonds. The number of nitrogens with zero attached hydrogens (tertiary/aromatic N) is 2. The Morgan fingerprint density at radius 1 is 0.962 bits per heavy atom. The lowest BCUT2D eigenvalue weighted by atomic mass is 10.1. The van der Waals surface area contributed by atoms with E-state index < -0.39 is 0 Å². The van der Waals surface area contributed by atoms with Crippen LogP contribution in [0.25, 0.3) is 0 Å². The number of benzene rings is 2. The number of rotatable bonds is 4. The van der Waals surface area contributed by atoms with Gasteiger partial charge in [-0.25, -0.2) is 0 Å². The Hall–Kier alpha value is -2.66. The summed E-state index contributed by atoms with van der Waals surface area (Å²) in [7, 11) is 1.74. The minimum atomic E-state index is 0.480. The summed E-state index contributed by atoms with van der Waals surface area (Å²) in [5, 5.41) is 0. The smallest absolute Gasteiger partial charge is 0.169 e. The molecule has 26 heavy (non-hydrogen) atoms. The molecule has 0 bridgehead atoms. The first kappa shape index (κ1) is 16.8. The predicted molar refractivity (Wildman–Crippen MR) is 102 cm³/mol. The molecule has 0 aromatic heterocycles. The highest BCUT2D eigenvalue weighted by molar-refractivity contribution is 5.54. The Balaban J connectivity index is 1.39. The highest BCUT2D eigenvalue weighted by Gasteiger charge is 2.20. The van der Waals surface area contributed by atoms with E-state index in [1.807, 2.05) is 24.3 Å². The Bertz CT molecular complexity index is 782. The molecule has 0 unspecified atom stereocenters. The molecule has 2 aromatic rings. The van der Waals surface area contributed by atoms with Gasteiger partial charge in [0.2, 0.25) is 0 Å². The van der Waals surface area contributed by atoms with Gasteiger partial charge in [0, 0.05) is 50.7 Å². The fourth-order valence-electron chi connectivity index (χ4n) is 3.43. The van der Waals surface area contributed by atoms with Crippen molar-refractivity contribution in [2.24, 2.45) is 0 Å². The highest BCUT2D eigenvalue weighted by Crippen LogP contribution is 2.32. The first-order valence-corrected chi connectivity index (χ1v) is 9.00. The number of hydrogen-bond acceptors (Lipinski definition) is 5. The topological polar surface area (TPSA) is 34.2 Å². The van der Waals surface area contributed by atoms with Gasteiger partial charge >= 0.3 is 0 Å². The molecule has 5 nitrogen and oxygen atoms in total. The summed E-state index contributed by atoms with van der Waals surface area (Å²) >= 11 is 0. The van der Waals surface area contributed by atoms with Gasteiger partial charge in [0.1, 0.15) is 6.61 Å². The van der Waals surface area contributed by atoms with Gasteiger partial charge in [-0.2, -0.15) is 0 Å². The SMILES string of the molecule is COCc1ccccc1N1CCN(C=C2COc3ccccc3O2)CC1. The number of anilines is 1. The minimum Gasteiger partial charge on any atom is -0.482 e. The van der Waals surface area contributed by atoms with Gasteiger partial charge in [0.25, 0.3) is 0 Å². The van der Waals surface area contributed by atoms with Crippen molar-refractivity contribution in [2.45, 2.75) is 6.61 Å². The molecule has 2 heterocycles. The number of methoxy groups -OCH3 is 1. The standard InChI is InChI=1S/C21H24N2O3/c1-24-15-17-6-2-3-7-19(17)23-12-10-22(11-13-23)14-18-16-25-20-8-4-5-9-21(20)26-18/h2-9,14H,10-13,15-16H2,1H3. The lowest BCUT2D eigenvalue weighted by Crippen LogP contribution is -2.44. The summed E-state index contributed by atoms with van der Waals surface area (Å²) in [6, 6.07) is 16.3. The molecule has 2 aliphatic rings. The molecule has 0 radical (unpaired) electrons. The van der Waals surface area contributed by atoms with E-state index in [0.29, 0.717) is 13.2 Å². The quantitative estimate of drug-likeness (QED) is 0.844. The molecule has 0 aliphatic carbocycles. The van der Waals surface area contributed by atoms with E-state index in [-0.39, 0.29) is 0 Å². The highest BCUT2D eigenvalue weighted by atomic mass is 16.6. The maximum Gasteiger partial charge on any atom is 0.169 e. The first-order valence-electron chi connectivity index (χ1n) is 9.00. The van der Waals surface area contributed by atoms with E-state index in [4.69, 9.17) is 14.2 Å². The van der Waals surface area contributed by atoms with Crippen LogP contribution in [0.4, 0.5) is 5.69 Å². The van der Waals surface area contributed by atoms with Gasteiger partial charge in [-0.1, -0.05) is 30.3 Å². The van der Waals surface area contributed by atoms with Gasteiger partial charge in [0.05, 0.1) is 6.61 Å². The average Bonchev–Trinajstić information content (AvgIpc) is 2.69. The second-order valence-corrected chi connectivity index (χ2v) is 6.52. The van der Waals surface area contributed by atoms with Crippen LogP contribution in [-0.4, -0.2) is 44.8 Å². The summed E-state index contributed by atoms with van der Waals surface area (Å²) < 4.78 is 17.1. The number of piperazine rings is 1. The molecule has 2 aromatic carbocycles. The zero-order chi connectivity index (χ0) is 17.8. The molecule has 4 rings (SSSR count). The summed E-state index contributed by atoms with van der Waals surface area (Å²) in [5.74, 6) is 2.46. The fraction of sp³-hybridized carbons (Fsp3) is 0.333. The van der Waals surface area contributed by atoms with Crippen LogP contribution in [0.1, 0.15) is 5.56 Å². The number of ether oxygens (including phenoxy) is 3. The van der Waals surface area contributed by atoms with E-state index in [9.17, 15) is 0 Å². The van der Waals surface area contributed by atoms with Crippen LogP contribution in [0.3, 0.4) is 0 Å². The third-order valence-corrected chi connectivity index (χ3v) is 4.73. The van der Waals surface area contributed by atoms with Gasteiger partial charge in [-0.05, 0) is 18.2 Å². The van der Waals surface area contributed by atoms with Crippen molar-refractivity contribution in [3.63, 3.8) is 0 Å². The average molecular weight is 352 g/mol. The van der Waals surface area contributed by atoms with Crippen LogP contribution in [-0.2, 0) is 11.3 Å². The van der Waals surface area contributed by atoms with E-state index in [0.717, 1.165) is 43.4 Å². The summed E-state index contributed by atoms with van der Waals surface area (Å²) in [5.41, 5.74) is 2.51. The number of fused-ring (bicyclic) bond motifs is 1. The third-order valence-electron chi connectivity index (χ3n) is 4.73. The van der Waals surface area contributed by atoms with Crippen molar-refractivity contribution in [3.05, 3.63) is 66.1 Å². The van der Waals surface area contributed by atoms with E-state index >= 15 is 0 Å². The van der Waals surface area contributed by atoms with Gasteiger partial charge in [-0.3, -0.25) is 0 Å². The van der Waals surface area contributed by atoms with E-state index in [1.54, 1.807) is 7.11 Å². The first-order chi connectivity index (χ1) is 12.8. The van der Waals surface area contributed by atoms with Crippen molar-refractivity contribution in [3.8, 4) is 11.5 Å². The van der Waals surface area contributed by atoms with Crippen LogP contribution in [0.5, 0.6) is 11.5 Å². The molecular weight excluding hydrogens is 328 g/mol. The zero-order valence-corrected chi connectivity index (χ0v) is 15.1. The van der Waals surface area contributed by atoms with Gasteiger partial charge in [-0.15, -0.1) is 0 Å². The van der Waals surface area contributed by atoms with Gasteiger partial charge in [0.15, 0.2) is 17.3 Å². The second-order valence-electron chi connectivity index (χ2n) is 6.52. The normalized spacial score (nSPS) is 18.3. The maximum atomic E-state index is 5.96. The van der Waals surface area contributed by atoms with Crippen molar-refractivity contribution in [2.75, 3.05) is 44.8 Å². The largest absolute Gasteiger partial charge is 0.482 e. The van der Waals surface area contributed by atoms with Crippen molar-refractivity contribution < 1.29 is 14.2 Å². The maximum absolute atomic E-state index is 5.96. The van der Waals surface area contributed by atoms with Crippen LogP contribution in [0.2, 0.25) is 0 Å². The predicted octanol–water partition coefficient (Wildman–Crippen LogP) is 3.27. The second kappa shape index (κ2) is 7.70. The Morgan fingerprint density at radius 3 is 2.50 bits per heavy atom. The van der Waals surface area contributed by atoms with Crippen molar-refractivity contribution in [1.29, 1.82) is 0 Å². The van der Waals surface area contributed by atoms with E-state index in [2.05, 4.69) is 40.3 Å². The van der Waals surface area contributed by atoms with E-state index in [1.165, 1.54) is 11.3 Å². The van der Waals surface area contributed by atoms with Crippen molar-refractivity contribution in [1.82, 2.24) is 4.90 Å². The minimum absolute atomic E-state index is 0.480. The Morgan fingerprint density at radius 2 is 1.69 bits per heavy atom. The number of para-hydroxylation sites is 3. The van der Waals surface area contributed by atoms with Crippen molar-refractivity contribution >= 4 is 5.69 Å². The summed E-state index contributed by atoms with van der Waals surface area (Å²) in [6.07, 6.45) is 2.09. The molecule has 5 heteroatoms. The Kier molecular flexibility index (Phi) is 4.97. The zero-order valence-electron chi connectivity index (χ0n) is 15.1. The lowest BCUT2D eigenvalue weighted by molar-refractivity contribution is 0.185. The van der Waals surface area contributed by atoms with Crippen LogP contribution >= 0.6 is 0 Å². The third kappa shape index (κ3) is 3.63. The van der Waals surface area contributed by atoms with Crippen LogP contribution in [0, 0.1) is 0 Å². The molecule has 0 spiro atoms. The molecule has 136 valence electrons. The number of hydrogen-bond donors (Lipinski definition) is 0. The molecule has 0 N–H and O–H groups in total. The monoisotopic (exact) mass is 352 g/mol. The fourth-order valence-corrected chi connectivity index (χ4v) is 3.43. The molecule has 1 saturated heterocycles. The lowest BCUT2D eigenvalue weighted by Gasteiger charge is -2.37. The summed E-state index contributed by atoms with van der Waals surface area (Å²) in [4.78, 5) is 4.74. The van der Waals surface area contributed by atoms with Gasteiger partial charge < -0.3 is 24.0 Å². The Labute approximate surface area is 154 Å². The summed E-state index contributed by atoms with van der Waals surface area (Å²) in [6.45, 7) is 4.98. The van der Waals surface area contributed by atoms with Crippen LogP contribution in [0.15, 0.2) is 60.5 Å². The molecule has 1 fully saturated rings. The molecule has 0 atom stereocenters. The van der Waals surface area contributed by atoms with Crippen LogP contribution < -0.4 is 14.4 Å². The molecular formula is C21H24N2O3.